The molecule has 0 spiro atoms. The summed E-state index contributed by atoms with van der Waals surface area (Å²) in [5, 5.41) is 4.24. The van der Waals surface area contributed by atoms with E-state index < -0.39 is 0 Å². The van der Waals surface area contributed by atoms with Crippen molar-refractivity contribution in [3.63, 3.8) is 0 Å². The van der Waals surface area contributed by atoms with Gasteiger partial charge >= 0.3 is 0 Å². The van der Waals surface area contributed by atoms with Crippen LogP contribution in [0.5, 0.6) is 0 Å². The summed E-state index contributed by atoms with van der Waals surface area (Å²) >= 11 is 5.93. The van der Waals surface area contributed by atoms with Crippen LogP contribution in [-0.4, -0.2) is 26.8 Å². The molecule has 2 nitrogen and oxygen atoms in total. The third-order valence-corrected chi connectivity index (χ3v) is 3.39. The standard InChI is InChI=1S/C15H24ClNO/c1-3-17-12-14(6-4-5-11-18-2)13-7-9-15(16)10-8-13/h7-10,14,17H,3-6,11-12H2,1-2H3. The topological polar surface area (TPSA) is 21.3 Å². The fraction of sp³-hybridized carbons (Fsp3) is 0.600. The zero-order chi connectivity index (χ0) is 13.2. The van der Waals surface area contributed by atoms with Gasteiger partial charge in [-0.1, -0.05) is 37.1 Å². The van der Waals surface area contributed by atoms with Crippen molar-refractivity contribution in [2.24, 2.45) is 0 Å². The first-order chi connectivity index (χ1) is 8.77. The monoisotopic (exact) mass is 269 g/mol. The molecule has 1 rings (SSSR count). The van der Waals surface area contributed by atoms with Crippen LogP contribution in [0.3, 0.4) is 0 Å². The quantitative estimate of drug-likeness (QED) is 0.688. The van der Waals surface area contributed by atoms with Gasteiger partial charge in [-0.2, -0.15) is 0 Å². The van der Waals surface area contributed by atoms with E-state index in [9.17, 15) is 0 Å². The first-order valence-electron chi connectivity index (χ1n) is 6.73. The van der Waals surface area contributed by atoms with E-state index in [4.69, 9.17) is 16.3 Å². The molecule has 0 radical (unpaired) electrons. The SMILES string of the molecule is CCNCC(CCCCOC)c1ccc(Cl)cc1. The van der Waals surface area contributed by atoms with Gasteiger partial charge in [-0.25, -0.2) is 0 Å². The highest BCUT2D eigenvalue weighted by molar-refractivity contribution is 6.30. The first-order valence-corrected chi connectivity index (χ1v) is 7.10. The molecule has 0 bridgehead atoms. The van der Waals surface area contributed by atoms with Crippen molar-refractivity contribution in [1.29, 1.82) is 0 Å². The van der Waals surface area contributed by atoms with Crippen LogP contribution in [-0.2, 0) is 4.74 Å². The Hall–Kier alpha value is -0.570. The van der Waals surface area contributed by atoms with Crippen molar-refractivity contribution in [3.05, 3.63) is 34.9 Å². The number of hydrogen-bond donors (Lipinski definition) is 1. The molecular formula is C15H24ClNO. The van der Waals surface area contributed by atoms with Gasteiger partial charge in [0.05, 0.1) is 0 Å². The number of likely N-dealkylation sites (N-methyl/N-ethyl adjacent to an activating group) is 1. The fourth-order valence-electron chi connectivity index (χ4n) is 2.08. The Morgan fingerprint density at radius 1 is 1.22 bits per heavy atom. The van der Waals surface area contributed by atoms with Crippen molar-refractivity contribution in [1.82, 2.24) is 5.32 Å². The average molecular weight is 270 g/mol. The predicted octanol–water partition coefficient (Wildman–Crippen LogP) is 3.85. The highest BCUT2D eigenvalue weighted by Gasteiger charge is 2.10. The highest BCUT2D eigenvalue weighted by atomic mass is 35.5. The van der Waals surface area contributed by atoms with E-state index in [2.05, 4.69) is 24.4 Å². The van der Waals surface area contributed by atoms with Gasteiger partial charge in [0.2, 0.25) is 0 Å². The lowest BCUT2D eigenvalue weighted by Crippen LogP contribution is -2.21. The maximum atomic E-state index is 5.93. The maximum Gasteiger partial charge on any atom is 0.0462 e. The third kappa shape index (κ3) is 5.85. The van der Waals surface area contributed by atoms with Gasteiger partial charge in [-0.15, -0.1) is 0 Å². The number of halogens is 1. The van der Waals surface area contributed by atoms with Crippen molar-refractivity contribution in [2.75, 3.05) is 26.8 Å². The van der Waals surface area contributed by atoms with Gasteiger partial charge in [0.15, 0.2) is 0 Å². The molecule has 1 aromatic rings. The molecule has 1 aromatic carbocycles. The summed E-state index contributed by atoms with van der Waals surface area (Å²) in [4.78, 5) is 0. The molecule has 1 unspecified atom stereocenters. The Morgan fingerprint density at radius 2 is 1.94 bits per heavy atom. The van der Waals surface area contributed by atoms with Crippen molar-refractivity contribution < 1.29 is 4.74 Å². The number of benzene rings is 1. The minimum Gasteiger partial charge on any atom is -0.385 e. The highest BCUT2D eigenvalue weighted by Crippen LogP contribution is 2.23. The lowest BCUT2D eigenvalue weighted by atomic mass is 9.93. The molecule has 1 N–H and O–H groups in total. The summed E-state index contributed by atoms with van der Waals surface area (Å²) in [7, 11) is 1.76. The Balaban J connectivity index is 2.51. The van der Waals surface area contributed by atoms with Crippen molar-refractivity contribution in [3.8, 4) is 0 Å². The summed E-state index contributed by atoms with van der Waals surface area (Å²) < 4.78 is 5.09. The zero-order valence-electron chi connectivity index (χ0n) is 11.4. The van der Waals surface area contributed by atoms with Gasteiger partial charge in [0.25, 0.3) is 0 Å². The molecule has 0 heterocycles. The number of ether oxygens (including phenoxy) is 1. The lowest BCUT2D eigenvalue weighted by Gasteiger charge is -2.18. The van der Waals surface area contributed by atoms with E-state index in [0.717, 1.165) is 31.1 Å². The molecule has 0 amide bonds. The van der Waals surface area contributed by atoms with Gasteiger partial charge in [-0.3, -0.25) is 0 Å². The summed E-state index contributed by atoms with van der Waals surface area (Å²) in [5.41, 5.74) is 1.37. The molecule has 0 aromatic heterocycles. The minimum atomic E-state index is 0.569. The second-order valence-electron chi connectivity index (χ2n) is 4.54. The van der Waals surface area contributed by atoms with E-state index >= 15 is 0 Å². The van der Waals surface area contributed by atoms with E-state index in [1.165, 1.54) is 18.4 Å². The average Bonchev–Trinajstić information content (AvgIpc) is 2.39. The smallest absolute Gasteiger partial charge is 0.0462 e. The molecule has 1 atom stereocenters. The summed E-state index contributed by atoms with van der Waals surface area (Å²) in [5.74, 6) is 0.569. The first kappa shape index (κ1) is 15.5. The number of rotatable bonds is 9. The van der Waals surface area contributed by atoms with E-state index in [0.29, 0.717) is 5.92 Å². The molecule has 0 saturated heterocycles. The van der Waals surface area contributed by atoms with E-state index in [1.54, 1.807) is 7.11 Å². The predicted molar refractivity (Wildman–Crippen MR) is 78.5 cm³/mol. The largest absolute Gasteiger partial charge is 0.385 e. The number of methoxy groups -OCH3 is 1. The van der Waals surface area contributed by atoms with Crippen LogP contribution in [0.25, 0.3) is 0 Å². The van der Waals surface area contributed by atoms with Gasteiger partial charge in [0, 0.05) is 25.3 Å². The van der Waals surface area contributed by atoms with Crippen molar-refractivity contribution in [2.45, 2.75) is 32.1 Å². The van der Waals surface area contributed by atoms with Crippen LogP contribution in [0, 0.1) is 0 Å². The Morgan fingerprint density at radius 3 is 2.56 bits per heavy atom. The van der Waals surface area contributed by atoms with Crippen LogP contribution in [0.1, 0.15) is 37.7 Å². The summed E-state index contributed by atoms with van der Waals surface area (Å²) in [6.45, 7) is 5.05. The fourth-order valence-corrected chi connectivity index (χ4v) is 2.20. The number of hydrogen-bond acceptors (Lipinski definition) is 2. The normalized spacial score (nSPS) is 12.6. The minimum absolute atomic E-state index is 0.569. The Kier molecular flexibility index (Phi) is 8.06. The van der Waals surface area contributed by atoms with Crippen LogP contribution in [0.2, 0.25) is 5.02 Å². The van der Waals surface area contributed by atoms with Crippen LogP contribution in [0.4, 0.5) is 0 Å². The maximum absolute atomic E-state index is 5.93. The molecule has 0 aliphatic carbocycles. The summed E-state index contributed by atoms with van der Waals surface area (Å²) in [6.07, 6.45) is 3.53. The Bertz CT molecular complexity index is 313. The second-order valence-corrected chi connectivity index (χ2v) is 4.98. The Labute approximate surface area is 116 Å². The van der Waals surface area contributed by atoms with E-state index in [1.807, 2.05) is 12.1 Å². The summed E-state index contributed by atoms with van der Waals surface area (Å²) in [6, 6.07) is 8.23. The second kappa shape index (κ2) is 9.37. The molecular weight excluding hydrogens is 246 g/mol. The zero-order valence-corrected chi connectivity index (χ0v) is 12.2. The molecule has 3 heteroatoms. The number of nitrogens with one attached hydrogen (secondary N) is 1. The molecule has 0 aliphatic heterocycles. The van der Waals surface area contributed by atoms with Gasteiger partial charge < -0.3 is 10.1 Å². The van der Waals surface area contributed by atoms with Gasteiger partial charge in [0.1, 0.15) is 0 Å². The third-order valence-electron chi connectivity index (χ3n) is 3.13. The van der Waals surface area contributed by atoms with Gasteiger partial charge in [-0.05, 0) is 43.0 Å². The molecule has 0 fully saturated rings. The molecule has 0 aliphatic rings. The lowest BCUT2D eigenvalue weighted by molar-refractivity contribution is 0.191. The van der Waals surface area contributed by atoms with Crippen LogP contribution < -0.4 is 5.32 Å². The van der Waals surface area contributed by atoms with E-state index in [-0.39, 0.29) is 0 Å². The van der Waals surface area contributed by atoms with Crippen LogP contribution in [0.15, 0.2) is 24.3 Å². The number of unbranched alkanes of at least 4 members (excludes halogenated alkanes) is 1. The molecule has 102 valence electrons. The van der Waals surface area contributed by atoms with Crippen LogP contribution >= 0.6 is 11.6 Å². The molecule has 0 saturated carbocycles. The van der Waals surface area contributed by atoms with Crippen molar-refractivity contribution >= 4 is 11.6 Å². The molecule has 18 heavy (non-hydrogen) atoms.